The van der Waals surface area contributed by atoms with E-state index in [0.29, 0.717) is 15.7 Å². The summed E-state index contributed by atoms with van der Waals surface area (Å²) in [6.45, 7) is 0. The molecule has 1 aliphatic rings. The zero-order valence-electron chi connectivity index (χ0n) is 15.7. The van der Waals surface area contributed by atoms with Gasteiger partial charge in [-0.15, -0.1) is 15.3 Å². The summed E-state index contributed by atoms with van der Waals surface area (Å²) in [4.78, 5) is 28.0. The topological polar surface area (TPSA) is 103 Å². The molecular formula is C19H14Cl2N6O3. The predicted molar refractivity (Wildman–Crippen MR) is 113 cm³/mol. The number of rotatable bonds is 3. The van der Waals surface area contributed by atoms with E-state index < -0.39 is 11.9 Å². The number of aromatic hydroxyl groups is 1. The molecule has 11 heteroatoms. The Labute approximate surface area is 180 Å². The lowest BCUT2D eigenvalue weighted by molar-refractivity contribution is 0.0945. The fraction of sp³-hybridized carbons (Fsp3) is 0.105. The molecule has 2 amide bonds. The van der Waals surface area contributed by atoms with Crippen LogP contribution in [0.2, 0.25) is 10.0 Å². The molecule has 2 heterocycles. The van der Waals surface area contributed by atoms with Crippen molar-refractivity contribution >= 4 is 58.2 Å². The van der Waals surface area contributed by atoms with E-state index in [1.165, 1.54) is 42.1 Å². The molecule has 0 fully saturated rings. The normalized spacial score (nSPS) is 13.4. The Bertz CT molecular complexity index is 1220. The molecule has 152 valence electrons. The second-order valence-corrected chi connectivity index (χ2v) is 7.27. The second-order valence-electron chi connectivity index (χ2n) is 6.43. The molecule has 0 aliphatic carbocycles. The number of halogens is 2. The van der Waals surface area contributed by atoms with Gasteiger partial charge >= 0.3 is 6.03 Å². The summed E-state index contributed by atoms with van der Waals surface area (Å²) in [5, 5.41) is 23.4. The molecule has 0 saturated carbocycles. The van der Waals surface area contributed by atoms with Gasteiger partial charge in [-0.25, -0.2) is 4.79 Å². The Balaban J connectivity index is 1.85. The Morgan fingerprint density at radius 1 is 1.07 bits per heavy atom. The van der Waals surface area contributed by atoms with Crippen molar-refractivity contribution in [3.63, 3.8) is 0 Å². The summed E-state index contributed by atoms with van der Waals surface area (Å²) < 4.78 is 1.02. The second kappa shape index (κ2) is 7.43. The molecule has 2 aromatic carbocycles. The van der Waals surface area contributed by atoms with Crippen molar-refractivity contribution in [3.8, 4) is 5.75 Å². The molecule has 9 nitrogen and oxygen atoms in total. The number of carbonyl (C=O) groups is 2. The van der Waals surface area contributed by atoms with Crippen LogP contribution in [0.1, 0.15) is 10.4 Å². The standard InChI is InChI=1S/C19H14Cl2N6O3/c1-25-16-15(23-22-13-8-7-10(20)9-12(13)21)17(26(2)19(25)30)27(24-16)18(29)11-5-3-4-6-14(11)28/h3-9,28H,1-2H3. The van der Waals surface area contributed by atoms with Crippen LogP contribution >= 0.6 is 23.2 Å². The van der Waals surface area contributed by atoms with Gasteiger partial charge in [0, 0.05) is 19.1 Å². The Morgan fingerprint density at radius 3 is 2.50 bits per heavy atom. The van der Waals surface area contributed by atoms with Crippen LogP contribution in [-0.2, 0) is 0 Å². The number of anilines is 2. The number of nitrogens with zero attached hydrogens (tertiary/aromatic N) is 6. The molecule has 30 heavy (non-hydrogen) atoms. The van der Waals surface area contributed by atoms with Crippen molar-refractivity contribution in [2.75, 3.05) is 23.9 Å². The molecule has 0 unspecified atom stereocenters. The monoisotopic (exact) mass is 444 g/mol. The number of para-hydroxylation sites is 1. The summed E-state index contributed by atoms with van der Waals surface area (Å²) in [5.74, 6) is -0.561. The van der Waals surface area contributed by atoms with E-state index in [0.717, 1.165) is 4.68 Å². The number of hydrogen-bond donors (Lipinski definition) is 1. The van der Waals surface area contributed by atoms with Crippen LogP contribution in [0.25, 0.3) is 0 Å². The minimum absolute atomic E-state index is 0.0300. The van der Waals surface area contributed by atoms with Gasteiger partial charge in [0.05, 0.1) is 10.6 Å². The number of azo groups is 1. The van der Waals surface area contributed by atoms with E-state index >= 15 is 0 Å². The van der Waals surface area contributed by atoms with Gasteiger partial charge in [-0.1, -0.05) is 35.3 Å². The smallest absolute Gasteiger partial charge is 0.330 e. The van der Waals surface area contributed by atoms with Crippen molar-refractivity contribution in [2.45, 2.75) is 0 Å². The van der Waals surface area contributed by atoms with Crippen LogP contribution in [-0.4, -0.2) is 40.9 Å². The highest BCUT2D eigenvalue weighted by atomic mass is 35.5. The minimum Gasteiger partial charge on any atom is -0.507 e. The third kappa shape index (κ3) is 3.17. The van der Waals surface area contributed by atoms with Crippen LogP contribution in [0.5, 0.6) is 5.75 Å². The van der Waals surface area contributed by atoms with Gasteiger partial charge in [-0.2, -0.15) is 4.68 Å². The average Bonchev–Trinajstić information content (AvgIpc) is 3.06. The molecule has 0 radical (unpaired) electrons. The molecule has 0 saturated heterocycles. The zero-order valence-corrected chi connectivity index (χ0v) is 17.3. The lowest BCUT2D eigenvalue weighted by atomic mass is 10.2. The number of urea groups is 1. The van der Waals surface area contributed by atoms with Gasteiger partial charge in [0.15, 0.2) is 17.3 Å². The van der Waals surface area contributed by atoms with Crippen molar-refractivity contribution in [1.82, 2.24) is 9.78 Å². The zero-order chi connectivity index (χ0) is 21.6. The summed E-state index contributed by atoms with van der Waals surface area (Å²) in [6, 6.07) is 10.4. The number of phenolic OH excluding ortho intramolecular Hbond substituents is 1. The van der Waals surface area contributed by atoms with Crippen molar-refractivity contribution in [2.24, 2.45) is 10.2 Å². The Hall–Kier alpha value is -3.43. The van der Waals surface area contributed by atoms with Crippen LogP contribution in [0.3, 0.4) is 0 Å². The maximum Gasteiger partial charge on any atom is 0.330 e. The third-order valence-electron chi connectivity index (χ3n) is 4.52. The molecular weight excluding hydrogens is 431 g/mol. The van der Waals surface area contributed by atoms with Crippen LogP contribution in [0, 0.1) is 0 Å². The van der Waals surface area contributed by atoms with E-state index in [4.69, 9.17) is 23.2 Å². The summed E-state index contributed by atoms with van der Waals surface area (Å²) in [5.41, 5.74) is 0.590. The van der Waals surface area contributed by atoms with E-state index in [1.807, 2.05) is 0 Å². The number of benzene rings is 2. The number of amides is 2. The number of phenols is 1. The van der Waals surface area contributed by atoms with E-state index in [-0.39, 0.29) is 28.6 Å². The van der Waals surface area contributed by atoms with Crippen LogP contribution in [0.4, 0.5) is 27.8 Å². The maximum atomic E-state index is 13.0. The van der Waals surface area contributed by atoms with Crippen LogP contribution in [0.15, 0.2) is 52.7 Å². The minimum atomic E-state index is -0.620. The fourth-order valence-corrected chi connectivity index (χ4v) is 3.43. The van der Waals surface area contributed by atoms with E-state index in [9.17, 15) is 14.7 Å². The molecule has 2 bridgehead atoms. The fourth-order valence-electron chi connectivity index (χ4n) is 2.99. The first kappa shape index (κ1) is 19.9. The SMILES string of the molecule is CN1C(=O)N(C)c2c(N=Nc3ccc(Cl)cc3Cl)c1nn2C(=O)c1ccccc1O. The van der Waals surface area contributed by atoms with Crippen LogP contribution < -0.4 is 9.80 Å². The maximum absolute atomic E-state index is 13.0. The van der Waals surface area contributed by atoms with Crippen molar-refractivity contribution < 1.29 is 14.7 Å². The summed E-state index contributed by atoms with van der Waals surface area (Å²) in [6.07, 6.45) is 0. The highest BCUT2D eigenvalue weighted by Gasteiger charge is 2.38. The van der Waals surface area contributed by atoms with Gasteiger partial charge in [0.25, 0.3) is 5.91 Å². The molecule has 1 aromatic heterocycles. The molecule has 0 spiro atoms. The lowest BCUT2D eigenvalue weighted by Gasteiger charge is -2.26. The first-order chi connectivity index (χ1) is 14.3. The number of carbonyl (C=O) groups excluding carboxylic acids is 2. The number of aromatic nitrogens is 2. The Morgan fingerprint density at radius 2 is 1.80 bits per heavy atom. The highest BCUT2D eigenvalue weighted by Crippen LogP contribution is 2.43. The van der Waals surface area contributed by atoms with Gasteiger partial charge in [-0.05, 0) is 30.3 Å². The van der Waals surface area contributed by atoms with Crippen molar-refractivity contribution in [1.29, 1.82) is 0 Å². The van der Waals surface area contributed by atoms with Gasteiger partial charge in [0.1, 0.15) is 11.4 Å². The van der Waals surface area contributed by atoms with Crippen molar-refractivity contribution in [3.05, 3.63) is 58.1 Å². The quantitative estimate of drug-likeness (QED) is 0.573. The molecule has 3 aromatic rings. The van der Waals surface area contributed by atoms with E-state index in [2.05, 4.69) is 15.3 Å². The molecule has 4 rings (SSSR count). The number of hydrogen-bond acceptors (Lipinski definition) is 6. The number of fused-ring (bicyclic) bond motifs is 2. The molecule has 1 N–H and O–H groups in total. The van der Waals surface area contributed by atoms with E-state index in [1.54, 1.807) is 24.3 Å². The third-order valence-corrected chi connectivity index (χ3v) is 5.06. The lowest BCUT2D eigenvalue weighted by Crippen LogP contribution is -2.41. The van der Waals surface area contributed by atoms with Gasteiger partial charge in [-0.3, -0.25) is 14.6 Å². The molecule has 1 aliphatic heterocycles. The summed E-state index contributed by atoms with van der Waals surface area (Å²) in [7, 11) is 2.99. The highest BCUT2D eigenvalue weighted by molar-refractivity contribution is 6.36. The Kier molecular flexibility index (Phi) is 4.92. The van der Waals surface area contributed by atoms with Gasteiger partial charge < -0.3 is 5.11 Å². The first-order valence-electron chi connectivity index (χ1n) is 8.63. The largest absolute Gasteiger partial charge is 0.507 e. The van der Waals surface area contributed by atoms with Gasteiger partial charge in [0.2, 0.25) is 0 Å². The summed E-state index contributed by atoms with van der Waals surface area (Å²) >= 11 is 12.0. The predicted octanol–water partition coefficient (Wildman–Crippen LogP) is 5.01. The first-order valence-corrected chi connectivity index (χ1v) is 9.39. The average molecular weight is 445 g/mol. The molecule has 0 atom stereocenters.